The molecule has 0 aliphatic heterocycles. The fourth-order valence-corrected chi connectivity index (χ4v) is 0.764. The molecule has 0 saturated carbocycles. The summed E-state index contributed by atoms with van der Waals surface area (Å²) in [6, 6.07) is 0.567. The summed E-state index contributed by atoms with van der Waals surface area (Å²) in [7, 11) is 0. The molecular weight excluding hydrogens is 146 g/mol. The van der Waals surface area contributed by atoms with Gasteiger partial charge in [-0.05, 0) is 25.4 Å². The Labute approximate surface area is 67.9 Å². The van der Waals surface area contributed by atoms with E-state index < -0.39 is 0 Å². The van der Waals surface area contributed by atoms with Crippen molar-refractivity contribution in [2.45, 2.75) is 33.2 Å². The van der Waals surface area contributed by atoms with Gasteiger partial charge in [0, 0.05) is 11.8 Å². The summed E-state index contributed by atoms with van der Waals surface area (Å²) in [5.41, 5.74) is 0. The van der Waals surface area contributed by atoms with Crippen molar-refractivity contribution in [2.75, 3.05) is 12.5 Å². The third-order valence-electron chi connectivity index (χ3n) is 1.30. The highest BCUT2D eigenvalue weighted by Crippen LogP contribution is 1.98. The van der Waals surface area contributed by atoms with Gasteiger partial charge in [0.2, 0.25) is 0 Å². The highest BCUT2D eigenvalue weighted by atomic mass is 32.2. The first-order valence-electron chi connectivity index (χ1n) is 3.79. The molecule has 0 fully saturated rings. The number of rotatable bonds is 6. The first kappa shape index (κ1) is 10.3. The molecule has 0 aliphatic carbocycles. The number of hydrogen-bond donors (Lipinski definition) is 1. The molecule has 2 nitrogen and oxygen atoms in total. The molecule has 0 aromatic heterocycles. The van der Waals surface area contributed by atoms with Crippen molar-refractivity contribution in [1.82, 2.24) is 5.32 Å². The Bertz CT molecular complexity index is 70.6. The second-order valence-corrected chi connectivity index (χ2v) is 3.23. The van der Waals surface area contributed by atoms with Crippen LogP contribution in [0.4, 0.5) is 0 Å². The monoisotopic (exact) mass is 163 g/mol. The first-order valence-corrected chi connectivity index (χ1v) is 4.70. The maximum absolute atomic E-state index is 5.16. The molecule has 0 rings (SSSR count). The van der Waals surface area contributed by atoms with Crippen molar-refractivity contribution < 1.29 is 4.18 Å². The van der Waals surface area contributed by atoms with Crippen LogP contribution < -0.4 is 5.32 Å². The molecule has 3 heteroatoms. The Kier molecular flexibility index (Phi) is 7.58. The quantitative estimate of drug-likeness (QED) is 0.368. The van der Waals surface area contributed by atoms with Gasteiger partial charge >= 0.3 is 0 Å². The van der Waals surface area contributed by atoms with Gasteiger partial charge in [-0.15, -0.1) is 0 Å². The molecule has 0 aromatic carbocycles. The number of nitrogens with one attached hydrogen (secondary N) is 1. The van der Waals surface area contributed by atoms with Crippen LogP contribution in [-0.4, -0.2) is 18.5 Å². The zero-order chi connectivity index (χ0) is 7.82. The topological polar surface area (TPSA) is 21.3 Å². The minimum Gasteiger partial charge on any atom is -0.300 e. The molecule has 0 aliphatic rings. The summed E-state index contributed by atoms with van der Waals surface area (Å²) < 4.78 is 5.16. The summed E-state index contributed by atoms with van der Waals surface area (Å²) >= 11 is 1.50. The van der Waals surface area contributed by atoms with Crippen LogP contribution in [0.5, 0.6) is 0 Å². The van der Waals surface area contributed by atoms with Crippen molar-refractivity contribution in [1.29, 1.82) is 0 Å². The lowest BCUT2D eigenvalue weighted by molar-refractivity contribution is 0.306. The molecule has 0 radical (unpaired) electrons. The minimum atomic E-state index is 0.567. The van der Waals surface area contributed by atoms with Crippen LogP contribution in [0.3, 0.4) is 0 Å². The Hall–Kier alpha value is 0.270. The smallest absolute Gasteiger partial charge is 0.112 e. The van der Waals surface area contributed by atoms with Gasteiger partial charge in [0.1, 0.15) is 6.73 Å². The highest BCUT2D eigenvalue weighted by Gasteiger charge is 1.94. The van der Waals surface area contributed by atoms with Crippen LogP contribution in [0.2, 0.25) is 0 Å². The van der Waals surface area contributed by atoms with Crippen molar-refractivity contribution in [3.05, 3.63) is 0 Å². The van der Waals surface area contributed by atoms with E-state index in [1.807, 2.05) is 0 Å². The Morgan fingerprint density at radius 2 is 2.20 bits per heavy atom. The Morgan fingerprint density at radius 3 is 2.70 bits per heavy atom. The standard InChI is InChI=1S/C7H17NOS/c1-4-7(3)8-6-9-10-5-2/h7-8H,4-6H2,1-3H3. The van der Waals surface area contributed by atoms with Crippen LogP contribution in [0.15, 0.2) is 0 Å². The van der Waals surface area contributed by atoms with E-state index in [0.29, 0.717) is 12.8 Å². The predicted molar refractivity (Wildman–Crippen MR) is 47.0 cm³/mol. The molecule has 0 saturated heterocycles. The highest BCUT2D eigenvalue weighted by molar-refractivity contribution is 7.94. The van der Waals surface area contributed by atoms with Crippen LogP contribution in [0.1, 0.15) is 27.2 Å². The van der Waals surface area contributed by atoms with E-state index in [-0.39, 0.29) is 0 Å². The zero-order valence-corrected chi connectivity index (χ0v) is 7.83. The molecule has 1 atom stereocenters. The lowest BCUT2D eigenvalue weighted by Crippen LogP contribution is -2.26. The van der Waals surface area contributed by atoms with E-state index in [1.165, 1.54) is 12.0 Å². The van der Waals surface area contributed by atoms with Gasteiger partial charge < -0.3 is 4.18 Å². The van der Waals surface area contributed by atoms with E-state index in [1.54, 1.807) is 0 Å². The summed E-state index contributed by atoms with van der Waals surface area (Å²) in [4.78, 5) is 0. The molecule has 0 heterocycles. The van der Waals surface area contributed by atoms with Crippen molar-refractivity contribution in [3.63, 3.8) is 0 Å². The van der Waals surface area contributed by atoms with Gasteiger partial charge in [-0.3, -0.25) is 5.32 Å². The molecule has 10 heavy (non-hydrogen) atoms. The van der Waals surface area contributed by atoms with E-state index in [0.717, 1.165) is 12.2 Å². The third kappa shape index (κ3) is 6.39. The molecular formula is C7H17NOS. The summed E-state index contributed by atoms with van der Waals surface area (Å²) in [5.74, 6) is 1.02. The molecule has 0 aromatic rings. The van der Waals surface area contributed by atoms with Gasteiger partial charge in [-0.1, -0.05) is 13.8 Å². The average molecular weight is 163 g/mol. The average Bonchev–Trinajstić information content (AvgIpc) is 1.98. The van der Waals surface area contributed by atoms with E-state index >= 15 is 0 Å². The minimum absolute atomic E-state index is 0.567. The van der Waals surface area contributed by atoms with Gasteiger partial charge in [-0.25, -0.2) is 0 Å². The van der Waals surface area contributed by atoms with Crippen molar-refractivity contribution in [2.24, 2.45) is 0 Å². The fraction of sp³-hybridized carbons (Fsp3) is 1.00. The molecule has 1 unspecified atom stereocenters. The van der Waals surface area contributed by atoms with Crippen LogP contribution >= 0.6 is 12.0 Å². The van der Waals surface area contributed by atoms with E-state index in [9.17, 15) is 0 Å². The molecule has 1 N–H and O–H groups in total. The van der Waals surface area contributed by atoms with E-state index in [4.69, 9.17) is 4.18 Å². The molecule has 62 valence electrons. The van der Waals surface area contributed by atoms with Gasteiger partial charge in [0.05, 0.1) is 0 Å². The Morgan fingerprint density at radius 1 is 1.50 bits per heavy atom. The lowest BCUT2D eigenvalue weighted by Gasteiger charge is -2.09. The third-order valence-corrected chi connectivity index (χ3v) is 1.82. The number of hydrogen-bond acceptors (Lipinski definition) is 3. The normalized spacial score (nSPS) is 13.5. The van der Waals surface area contributed by atoms with Crippen molar-refractivity contribution in [3.8, 4) is 0 Å². The van der Waals surface area contributed by atoms with Gasteiger partial charge in [-0.2, -0.15) is 0 Å². The fourth-order valence-electron chi connectivity index (χ4n) is 0.446. The largest absolute Gasteiger partial charge is 0.300 e. The lowest BCUT2D eigenvalue weighted by atomic mass is 10.3. The maximum Gasteiger partial charge on any atom is 0.112 e. The van der Waals surface area contributed by atoms with E-state index in [2.05, 4.69) is 26.1 Å². The maximum atomic E-state index is 5.16. The summed E-state index contributed by atoms with van der Waals surface area (Å²) in [6.07, 6.45) is 1.15. The predicted octanol–water partition coefficient (Wildman–Crippen LogP) is 2.02. The molecule has 0 spiro atoms. The summed E-state index contributed by atoms with van der Waals surface area (Å²) in [5, 5.41) is 3.22. The summed E-state index contributed by atoms with van der Waals surface area (Å²) in [6.45, 7) is 7.05. The van der Waals surface area contributed by atoms with Crippen LogP contribution in [0.25, 0.3) is 0 Å². The SMILES string of the molecule is CCSOCNC(C)CC. The molecule has 0 amide bonds. The second kappa shape index (κ2) is 7.38. The molecule has 0 bridgehead atoms. The van der Waals surface area contributed by atoms with Crippen LogP contribution in [-0.2, 0) is 4.18 Å². The second-order valence-electron chi connectivity index (χ2n) is 2.18. The first-order chi connectivity index (χ1) is 4.81. The van der Waals surface area contributed by atoms with Crippen LogP contribution in [0, 0.1) is 0 Å². The van der Waals surface area contributed by atoms with Crippen molar-refractivity contribution >= 4 is 12.0 Å². The van der Waals surface area contributed by atoms with Gasteiger partial charge in [0.25, 0.3) is 0 Å². The zero-order valence-electron chi connectivity index (χ0n) is 7.02. The van der Waals surface area contributed by atoms with Gasteiger partial charge in [0.15, 0.2) is 0 Å². The Balaban J connectivity index is 2.89.